The highest BCUT2D eigenvalue weighted by Gasteiger charge is 2.27. The van der Waals surface area contributed by atoms with E-state index in [2.05, 4.69) is 36.2 Å². The molecule has 1 amide bonds. The van der Waals surface area contributed by atoms with E-state index in [1.54, 1.807) is 6.92 Å². The van der Waals surface area contributed by atoms with E-state index in [-0.39, 0.29) is 5.91 Å². The fraction of sp³-hybridized carbons (Fsp3) is 0.375. The average Bonchev–Trinajstić information content (AvgIpc) is 2.82. The van der Waals surface area contributed by atoms with Crippen molar-refractivity contribution in [2.75, 3.05) is 19.6 Å². The number of aryl methyl sites for hydroxylation is 1. The van der Waals surface area contributed by atoms with Crippen LogP contribution in [0.5, 0.6) is 0 Å². The lowest BCUT2D eigenvalue weighted by atomic mass is 9.95. The van der Waals surface area contributed by atoms with Gasteiger partial charge >= 0.3 is 0 Å². The van der Waals surface area contributed by atoms with Crippen molar-refractivity contribution in [2.45, 2.75) is 20.3 Å². The summed E-state index contributed by atoms with van der Waals surface area (Å²) in [5.41, 5.74) is 6.19. The monoisotopic (exact) mass is 254 g/mol. The predicted molar refractivity (Wildman–Crippen MR) is 76.5 cm³/mol. The molecule has 2 aliphatic heterocycles. The van der Waals surface area contributed by atoms with Crippen LogP contribution in [0.2, 0.25) is 0 Å². The third kappa shape index (κ3) is 2.21. The van der Waals surface area contributed by atoms with Crippen molar-refractivity contribution in [3.63, 3.8) is 0 Å². The number of aliphatic imine (C=N–C) groups is 1. The van der Waals surface area contributed by atoms with E-state index >= 15 is 0 Å². The molecule has 0 bridgehead atoms. The smallest absolute Gasteiger partial charge is 0.219 e. The molecule has 2 aliphatic rings. The first kappa shape index (κ1) is 12.2. The molecule has 0 N–H and O–H groups in total. The fourth-order valence-corrected chi connectivity index (χ4v) is 2.73. The maximum atomic E-state index is 11.5. The van der Waals surface area contributed by atoms with Crippen LogP contribution in [0.25, 0.3) is 0 Å². The molecule has 19 heavy (non-hydrogen) atoms. The van der Waals surface area contributed by atoms with Crippen molar-refractivity contribution < 1.29 is 4.79 Å². The van der Waals surface area contributed by atoms with Gasteiger partial charge in [0.25, 0.3) is 0 Å². The van der Waals surface area contributed by atoms with Crippen molar-refractivity contribution in [1.82, 2.24) is 4.90 Å². The molecule has 0 atom stereocenters. The number of rotatable bonds is 1. The molecule has 0 aromatic heterocycles. The molecule has 1 aromatic carbocycles. The van der Waals surface area contributed by atoms with Gasteiger partial charge in [0.15, 0.2) is 0 Å². The molecule has 0 saturated heterocycles. The van der Waals surface area contributed by atoms with Gasteiger partial charge in [-0.3, -0.25) is 9.79 Å². The quantitative estimate of drug-likeness (QED) is 0.757. The van der Waals surface area contributed by atoms with E-state index in [9.17, 15) is 4.79 Å². The van der Waals surface area contributed by atoms with E-state index < -0.39 is 0 Å². The molecule has 0 fully saturated rings. The van der Waals surface area contributed by atoms with Crippen LogP contribution in [-0.4, -0.2) is 36.2 Å². The van der Waals surface area contributed by atoms with E-state index in [1.165, 1.54) is 22.3 Å². The molecule has 3 heteroatoms. The Morgan fingerprint density at radius 3 is 2.68 bits per heavy atom. The molecule has 2 heterocycles. The summed E-state index contributed by atoms with van der Waals surface area (Å²) in [5, 5.41) is 0. The number of hydrogen-bond acceptors (Lipinski definition) is 2. The van der Waals surface area contributed by atoms with Crippen molar-refractivity contribution in [2.24, 2.45) is 4.99 Å². The summed E-state index contributed by atoms with van der Waals surface area (Å²) < 4.78 is 0. The fourth-order valence-electron chi connectivity index (χ4n) is 2.73. The zero-order chi connectivity index (χ0) is 13.4. The SMILES string of the molecule is CC(=O)N1CCC2=C(C1)C(c1ccc(C)cc1)=NC2. The molecule has 0 radical (unpaired) electrons. The molecule has 3 rings (SSSR count). The van der Waals surface area contributed by atoms with Crippen LogP contribution in [0, 0.1) is 6.92 Å². The summed E-state index contributed by atoms with van der Waals surface area (Å²) in [6.07, 6.45) is 0.966. The Hall–Kier alpha value is -1.90. The van der Waals surface area contributed by atoms with Crippen LogP contribution < -0.4 is 0 Å². The minimum atomic E-state index is 0.154. The van der Waals surface area contributed by atoms with Crippen LogP contribution in [0.3, 0.4) is 0 Å². The Morgan fingerprint density at radius 2 is 2.00 bits per heavy atom. The zero-order valence-corrected chi connectivity index (χ0v) is 11.4. The highest BCUT2D eigenvalue weighted by Crippen LogP contribution is 2.27. The van der Waals surface area contributed by atoms with Crippen molar-refractivity contribution in [3.05, 3.63) is 46.5 Å². The Balaban J connectivity index is 1.90. The zero-order valence-electron chi connectivity index (χ0n) is 11.4. The lowest BCUT2D eigenvalue weighted by Gasteiger charge is -2.27. The number of carbonyl (C=O) groups is 1. The Bertz CT molecular complexity index is 581. The Kier molecular flexibility index (Phi) is 2.97. The number of carbonyl (C=O) groups excluding carboxylic acids is 1. The van der Waals surface area contributed by atoms with E-state index in [4.69, 9.17) is 0 Å². The van der Waals surface area contributed by atoms with Crippen LogP contribution in [0.15, 0.2) is 40.4 Å². The standard InChI is InChI=1S/C16H18N2O/c1-11-3-5-13(6-4-11)16-15-10-18(12(2)19)8-7-14(15)9-17-16/h3-6H,7-10H2,1-2H3. The van der Waals surface area contributed by atoms with Gasteiger partial charge in [-0.2, -0.15) is 0 Å². The van der Waals surface area contributed by atoms with Gasteiger partial charge in [-0.1, -0.05) is 29.8 Å². The third-order valence-corrected chi connectivity index (χ3v) is 3.94. The minimum absolute atomic E-state index is 0.154. The summed E-state index contributed by atoms with van der Waals surface area (Å²) in [6, 6.07) is 8.47. The van der Waals surface area contributed by atoms with Gasteiger partial charge in [0.05, 0.1) is 12.3 Å². The predicted octanol–water partition coefficient (Wildman–Crippen LogP) is 2.35. The second kappa shape index (κ2) is 4.65. The van der Waals surface area contributed by atoms with Crippen LogP contribution in [-0.2, 0) is 4.79 Å². The lowest BCUT2D eigenvalue weighted by molar-refractivity contribution is -0.128. The minimum Gasteiger partial charge on any atom is -0.338 e. The molecule has 98 valence electrons. The van der Waals surface area contributed by atoms with Gasteiger partial charge in [-0.25, -0.2) is 0 Å². The van der Waals surface area contributed by atoms with Crippen molar-refractivity contribution in [3.8, 4) is 0 Å². The molecule has 0 saturated carbocycles. The molecule has 3 nitrogen and oxygen atoms in total. The number of amides is 1. The van der Waals surface area contributed by atoms with Crippen LogP contribution in [0.1, 0.15) is 24.5 Å². The van der Waals surface area contributed by atoms with Gasteiger partial charge in [-0.05, 0) is 24.5 Å². The van der Waals surface area contributed by atoms with Gasteiger partial charge in [0.2, 0.25) is 5.91 Å². The highest BCUT2D eigenvalue weighted by molar-refractivity contribution is 6.15. The van der Waals surface area contributed by atoms with Gasteiger partial charge in [0.1, 0.15) is 0 Å². The van der Waals surface area contributed by atoms with Gasteiger partial charge in [0, 0.05) is 25.6 Å². The Labute approximate surface area is 113 Å². The van der Waals surface area contributed by atoms with Crippen molar-refractivity contribution >= 4 is 11.6 Å². The summed E-state index contributed by atoms with van der Waals surface area (Å²) in [6.45, 7) is 6.10. The second-order valence-corrected chi connectivity index (χ2v) is 5.30. The van der Waals surface area contributed by atoms with Crippen LogP contribution in [0.4, 0.5) is 0 Å². The molecular formula is C16H18N2O. The maximum absolute atomic E-state index is 11.5. The number of benzene rings is 1. The topological polar surface area (TPSA) is 32.7 Å². The van der Waals surface area contributed by atoms with Crippen LogP contribution >= 0.6 is 0 Å². The molecule has 0 spiro atoms. The largest absolute Gasteiger partial charge is 0.338 e. The molecule has 0 unspecified atom stereocenters. The lowest BCUT2D eigenvalue weighted by Crippen LogP contribution is -2.36. The Morgan fingerprint density at radius 1 is 1.26 bits per heavy atom. The first-order chi connectivity index (χ1) is 9.15. The van der Waals surface area contributed by atoms with E-state index in [1.807, 2.05) is 4.90 Å². The van der Waals surface area contributed by atoms with E-state index in [0.29, 0.717) is 0 Å². The molecular weight excluding hydrogens is 236 g/mol. The maximum Gasteiger partial charge on any atom is 0.219 e. The van der Waals surface area contributed by atoms with Gasteiger partial charge < -0.3 is 4.90 Å². The highest BCUT2D eigenvalue weighted by atomic mass is 16.2. The second-order valence-electron chi connectivity index (χ2n) is 5.30. The number of hydrogen-bond donors (Lipinski definition) is 0. The van der Waals surface area contributed by atoms with Gasteiger partial charge in [-0.15, -0.1) is 0 Å². The summed E-state index contributed by atoms with van der Waals surface area (Å²) in [5.74, 6) is 0.154. The normalized spacial score (nSPS) is 18.4. The number of nitrogens with zero attached hydrogens (tertiary/aromatic N) is 2. The van der Waals surface area contributed by atoms with E-state index in [0.717, 1.165) is 31.8 Å². The average molecular weight is 254 g/mol. The molecule has 1 aromatic rings. The third-order valence-electron chi connectivity index (χ3n) is 3.94. The van der Waals surface area contributed by atoms with Crippen molar-refractivity contribution in [1.29, 1.82) is 0 Å². The molecule has 0 aliphatic carbocycles. The summed E-state index contributed by atoms with van der Waals surface area (Å²) >= 11 is 0. The first-order valence-corrected chi connectivity index (χ1v) is 6.73. The summed E-state index contributed by atoms with van der Waals surface area (Å²) in [4.78, 5) is 18.1. The first-order valence-electron chi connectivity index (χ1n) is 6.73. The summed E-state index contributed by atoms with van der Waals surface area (Å²) in [7, 11) is 0.